The maximum atomic E-state index is 12.3. The van der Waals surface area contributed by atoms with Crippen LogP contribution in [0, 0.1) is 11.8 Å². The molecule has 34 heavy (non-hydrogen) atoms. The molecule has 0 amide bonds. The van der Waals surface area contributed by atoms with Gasteiger partial charge in [-0.25, -0.2) is 4.99 Å². The number of thioether (sulfide) groups is 1. The lowest BCUT2D eigenvalue weighted by Crippen LogP contribution is -2.23. The first-order chi connectivity index (χ1) is 16.6. The van der Waals surface area contributed by atoms with Crippen LogP contribution in [0.5, 0.6) is 0 Å². The summed E-state index contributed by atoms with van der Waals surface area (Å²) in [5.41, 5.74) is 2.86. The second kappa shape index (κ2) is 16.6. The Kier molecular flexibility index (Phi) is 13.8. The quantitative estimate of drug-likeness (QED) is 0.163. The predicted octanol–water partition coefficient (Wildman–Crippen LogP) is 8.25. The van der Waals surface area contributed by atoms with Crippen LogP contribution in [0.15, 0.2) is 81.1 Å². The summed E-state index contributed by atoms with van der Waals surface area (Å²) < 4.78 is 18.1. The van der Waals surface area contributed by atoms with Gasteiger partial charge in [0, 0.05) is 12.5 Å². The van der Waals surface area contributed by atoms with Crippen LogP contribution < -0.4 is 0 Å². The lowest BCUT2D eigenvalue weighted by Gasteiger charge is -2.23. The smallest absolute Gasteiger partial charge is 0.369 e. The van der Waals surface area contributed by atoms with Crippen LogP contribution in [0.1, 0.15) is 52.9 Å². The number of hydrogen-bond donors (Lipinski definition) is 0. The van der Waals surface area contributed by atoms with Crippen LogP contribution in [0.4, 0.5) is 0 Å². The summed E-state index contributed by atoms with van der Waals surface area (Å²) in [5.74, 6) is 3.72. The van der Waals surface area contributed by atoms with Crippen molar-refractivity contribution >= 4 is 31.2 Å². The Labute approximate surface area is 211 Å². The van der Waals surface area contributed by atoms with Crippen molar-refractivity contribution in [1.29, 1.82) is 0 Å². The van der Waals surface area contributed by atoms with Gasteiger partial charge in [-0.15, -0.1) is 11.8 Å². The zero-order chi connectivity index (χ0) is 24.6. The Balaban J connectivity index is 1.86. The highest BCUT2D eigenvalue weighted by atomic mass is 32.2. The Bertz CT molecular complexity index is 901. The van der Waals surface area contributed by atoms with Gasteiger partial charge in [0.15, 0.2) is 12.0 Å². The van der Waals surface area contributed by atoms with E-state index in [1.54, 1.807) is 11.8 Å². The molecule has 0 aromatic carbocycles. The van der Waals surface area contributed by atoms with E-state index in [1.807, 2.05) is 62.6 Å². The molecule has 6 heteroatoms. The molecule has 1 aliphatic carbocycles. The van der Waals surface area contributed by atoms with Gasteiger partial charge in [0.25, 0.3) is 0 Å². The highest BCUT2D eigenvalue weighted by molar-refractivity contribution is 8.01. The van der Waals surface area contributed by atoms with Gasteiger partial charge in [0.2, 0.25) is 5.90 Å². The van der Waals surface area contributed by atoms with Gasteiger partial charge >= 0.3 is 7.80 Å². The zero-order valence-corrected chi connectivity index (χ0v) is 22.9. The molecular weight excluding hydrogens is 459 g/mol. The molecule has 2 rings (SSSR count). The number of hydrogen-bond acceptors (Lipinski definition) is 5. The summed E-state index contributed by atoms with van der Waals surface area (Å²) in [6.45, 7) is 7.13. The van der Waals surface area contributed by atoms with Crippen LogP contribution in [0.25, 0.3) is 0 Å². The fourth-order valence-corrected chi connectivity index (χ4v) is 5.65. The highest BCUT2D eigenvalue weighted by Crippen LogP contribution is 2.36. The lowest BCUT2D eigenvalue weighted by molar-refractivity contribution is 0.332. The van der Waals surface area contributed by atoms with Crippen LogP contribution >= 0.6 is 19.6 Å². The molecule has 1 saturated carbocycles. The van der Waals surface area contributed by atoms with E-state index in [0.29, 0.717) is 30.9 Å². The maximum Gasteiger partial charge on any atom is 0.369 e. The second-order valence-electron chi connectivity index (χ2n) is 8.41. The zero-order valence-electron chi connectivity index (χ0n) is 21.2. The van der Waals surface area contributed by atoms with Gasteiger partial charge in [-0.05, 0) is 82.1 Å². The predicted molar refractivity (Wildman–Crippen MR) is 151 cm³/mol. The molecule has 1 aliphatic heterocycles. The number of allylic oxidation sites excluding steroid dienone is 8. The Morgan fingerprint density at radius 3 is 2.71 bits per heavy atom. The van der Waals surface area contributed by atoms with Crippen molar-refractivity contribution < 1.29 is 9.30 Å². The molecular formula is C28H40N2O2PS+. The first kappa shape index (κ1) is 28.3. The van der Waals surface area contributed by atoms with E-state index in [9.17, 15) is 4.57 Å². The number of aliphatic imine (C=N–C) groups is 2. The van der Waals surface area contributed by atoms with Gasteiger partial charge in [-0.1, -0.05) is 47.1 Å². The molecule has 1 unspecified atom stereocenters. The minimum atomic E-state index is -1.23. The average Bonchev–Trinajstić information content (AvgIpc) is 2.85. The molecule has 184 valence electrons. The molecule has 1 heterocycles. The molecule has 4 nitrogen and oxygen atoms in total. The van der Waals surface area contributed by atoms with Gasteiger partial charge in [0.1, 0.15) is 12.3 Å². The third kappa shape index (κ3) is 10.1. The molecule has 0 bridgehead atoms. The van der Waals surface area contributed by atoms with E-state index in [0.717, 1.165) is 29.6 Å². The van der Waals surface area contributed by atoms with Crippen molar-refractivity contribution in [1.82, 2.24) is 0 Å². The molecule has 1 atom stereocenters. The van der Waals surface area contributed by atoms with E-state index >= 15 is 0 Å². The van der Waals surface area contributed by atoms with Crippen molar-refractivity contribution in [2.75, 3.05) is 25.6 Å². The monoisotopic (exact) mass is 499 g/mol. The summed E-state index contributed by atoms with van der Waals surface area (Å²) >= 11 is 1.65. The van der Waals surface area contributed by atoms with Crippen molar-refractivity contribution in [3.8, 4) is 0 Å². The number of ether oxygens (including phenoxy) is 1. The first-order valence-corrected chi connectivity index (χ1v) is 15.1. The Morgan fingerprint density at radius 2 is 2.03 bits per heavy atom. The number of nitrogens with zero attached hydrogens (tertiary/aromatic N) is 2. The third-order valence-corrected chi connectivity index (χ3v) is 7.67. The summed E-state index contributed by atoms with van der Waals surface area (Å²) in [7, 11) is -1.23. The first-order valence-electron chi connectivity index (χ1n) is 12.3. The average molecular weight is 500 g/mol. The summed E-state index contributed by atoms with van der Waals surface area (Å²) in [4.78, 5) is 9.18. The molecule has 0 aromatic heterocycles. The fourth-order valence-electron chi connectivity index (χ4n) is 4.12. The van der Waals surface area contributed by atoms with Crippen molar-refractivity contribution in [3.05, 3.63) is 71.1 Å². The summed E-state index contributed by atoms with van der Waals surface area (Å²) in [5, 5.41) is 2.00. The maximum absolute atomic E-state index is 12.3. The van der Waals surface area contributed by atoms with E-state index in [1.165, 1.54) is 25.7 Å². The van der Waals surface area contributed by atoms with Crippen molar-refractivity contribution in [3.63, 3.8) is 0 Å². The number of rotatable bonds is 11. The van der Waals surface area contributed by atoms with Gasteiger partial charge in [0.05, 0.1) is 5.71 Å². The largest absolute Gasteiger partial charge is 0.470 e. The van der Waals surface area contributed by atoms with Crippen molar-refractivity contribution in [2.45, 2.75) is 52.9 Å². The van der Waals surface area contributed by atoms with Crippen LogP contribution in [-0.4, -0.2) is 37.2 Å². The molecule has 0 N–H and O–H groups in total. The highest BCUT2D eigenvalue weighted by Gasteiger charge is 2.25. The van der Waals surface area contributed by atoms with Crippen molar-refractivity contribution in [2.24, 2.45) is 21.8 Å². The Morgan fingerprint density at radius 1 is 1.24 bits per heavy atom. The summed E-state index contributed by atoms with van der Waals surface area (Å²) in [6, 6.07) is 0. The van der Waals surface area contributed by atoms with Crippen LogP contribution in [-0.2, 0) is 9.30 Å². The van der Waals surface area contributed by atoms with Gasteiger partial charge in [-0.3, -0.25) is 4.99 Å². The van der Waals surface area contributed by atoms with Gasteiger partial charge < -0.3 is 4.74 Å². The van der Waals surface area contributed by atoms with Crippen LogP contribution in [0.3, 0.4) is 0 Å². The molecule has 0 spiro atoms. The van der Waals surface area contributed by atoms with E-state index < -0.39 is 7.80 Å². The van der Waals surface area contributed by atoms with E-state index in [4.69, 9.17) is 9.73 Å². The summed E-state index contributed by atoms with van der Waals surface area (Å²) in [6.07, 6.45) is 25.3. The third-order valence-electron chi connectivity index (χ3n) is 5.86. The van der Waals surface area contributed by atoms with E-state index in [-0.39, 0.29) is 0 Å². The normalized spacial score (nSPS) is 25.2. The Hall–Kier alpha value is -1.97. The standard InChI is InChI=1S/C28H40N2O2PS/c1-5-12-25(27-21-32-28(29-7-3)26(6-2)30-27)14-9-8-13-23-15-17-24(18-16-23)22-33(31)19-10-11-20-34-4/h5-6,8,10-14,19-20,23-24H,7,9,15-18,21-22H2,1-4H3/q+1/b12-5-,13-8+,19-10+,20-11-,25-14+,26-6+,29-28?. The second-order valence-corrected chi connectivity index (χ2v) is 10.7. The minimum Gasteiger partial charge on any atom is -0.470 e. The SMILES string of the molecule is C/C=C\C(=C/C/C=C/C1CCC(C[P+](=O)/C=C/C=C\SC)CC1)C1=N/C(=C/C)C(=NCC)OC1. The topological polar surface area (TPSA) is 51.0 Å². The van der Waals surface area contributed by atoms with Crippen LogP contribution in [0.2, 0.25) is 0 Å². The van der Waals surface area contributed by atoms with E-state index in [2.05, 4.69) is 29.3 Å². The lowest BCUT2D eigenvalue weighted by atomic mass is 9.82. The molecule has 0 saturated heterocycles. The van der Waals surface area contributed by atoms with Gasteiger partial charge in [-0.2, -0.15) is 0 Å². The minimum absolute atomic E-state index is 0.450. The molecule has 0 aromatic rings. The molecule has 1 fully saturated rings. The molecule has 0 radical (unpaired) electrons. The molecule has 2 aliphatic rings. The fraction of sp³-hybridized carbons (Fsp3) is 0.500.